The quantitative estimate of drug-likeness (QED) is 0.376. The number of nitro groups is 1. The maximum atomic E-state index is 13.4. The number of amides is 1. The molecule has 124 valence electrons. The van der Waals surface area contributed by atoms with Crippen molar-refractivity contribution in [3.8, 4) is 0 Å². The Morgan fingerprint density at radius 2 is 1.92 bits per heavy atom. The molecule has 8 heteroatoms. The molecule has 2 aromatic carbocycles. The average molecular weight is 347 g/mol. The monoisotopic (exact) mass is 347 g/mol. The Labute approximate surface area is 141 Å². The van der Waals surface area contributed by atoms with Crippen molar-refractivity contribution in [1.29, 1.82) is 0 Å². The van der Waals surface area contributed by atoms with Gasteiger partial charge in [-0.2, -0.15) is 5.10 Å². The van der Waals surface area contributed by atoms with Crippen molar-refractivity contribution in [2.45, 2.75) is 11.8 Å². The molecule has 1 amide bonds. The third-order valence-electron chi connectivity index (χ3n) is 3.04. The molecule has 0 bridgehead atoms. The number of nitrogens with zero attached hydrogens (tertiary/aromatic N) is 2. The molecule has 0 saturated carbocycles. The van der Waals surface area contributed by atoms with Gasteiger partial charge in [0.1, 0.15) is 5.82 Å². The zero-order valence-electron chi connectivity index (χ0n) is 12.7. The summed E-state index contributed by atoms with van der Waals surface area (Å²) in [5.74, 6) is -0.719. The first kappa shape index (κ1) is 17.6. The summed E-state index contributed by atoms with van der Waals surface area (Å²) in [7, 11) is 0. The summed E-state index contributed by atoms with van der Waals surface area (Å²) in [6.45, 7) is 1.67. The Hall–Kier alpha value is -2.74. The second-order valence-electron chi connectivity index (χ2n) is 4.76. The molecule has 0 radical (unpaired) electrons. The topological polar surface area (TPSA) is 84.6 Å². The molecule has 0 atom stereocenters. The van der Waals surface area contributed by atoms with E-state index in [9.17, 15) is 19.3 Å². The summed E-state index contributed by atoms with van der Waals surface area (Å²) in [6.07, 6.45) is 0. The number of halogens is 1. The molecular weight excluding hydrogens is 333 g/mol. The first-order valence-corrected chi connectivity index (χ1v) is 7.91. The number of nitro benzene ring substituents is 1. The zero-order chi connectivity index (χ0) is 17.5. The van der Waals surface area contributed by atoms with Gasteiger partial charge in [-0.15, -0.1) is 11.8 Å². The van der Waals surface area contributed by atoms with Crippen molar-refractivity contribution in [2.24, 2.45) is 5.10 Å². The Balaban J connectivity index is 1.90. The van der Waals surface area contributed by atoms with Gasteiger partial charge in [0.2, 0.25) is 5.91 Å². The number of hydrogen-bond donors (Lipinski definition) is 1. The molecule has 6 nitrogen and oxygen atoms in total. The second-order valence-corrected chi connectivity index (χ2v) is 5.77. The van der Waals surface area contributed by atoms with Gasteiger partial charge in [-0.1, -0.05) is 12.1 Å². The largest absolute Gasteiger partial charge is 0.272 e. The van der Waals surface area contributed by atoms with Gasteiger partial charge in [0.25, 0.3) is 5.69 Å². The maximum Gasteiger partial charge on any atom is 0.269 e. The molecule has 24 heavy (non-hydrogen) atoms. The van der Waals surface area contributed by atoms with Crippen LogP contribution >= 0.6 is 11.8 Å². The van der Waals surface area contributed by atoms with Gasteiger partial charge in [-0.3, -0.25) is 14.9 Å². The standard InChI is InChI=1S/C16H14FN3O3S/c1-11(12-6-8-13(9-7-12)20(22)23)18-19-16(21)10-24-15-5-3-2-4-14(15)17/h2-9H,10H2,1H3,(H,19,21)/b18-11-. The molecule has 2 rings (SSSR count). The van der Waals surface area contributed by atoms with Crippen molar-refractivity contribution < 1.29 is 14.1 Å². The lowest BCUT2D eigenvalue weighted by Gasteiger charge is -2.04. The molecule has 1 N–H and O–H groups in total. The number of rotatable bonds is 6. The predicted octanol–water partition coefficient (Wildman–Crippen LogP) is 3.37. The van der Waals surface area contributed by atoms with Crippen LogP contribution < -0.4 is 5.43 Å². The Morgan fingerprint density at radius 3 is 2.54 bits per heavy atom. The minimum atomic E-state index is -0.488. The fourth-order valence-electron chi connectivity index (χ4n) is 1.77. The van der Waals surface area contributed by atoms with Crippen molar-refractivity contribution in [3.05, 3.63) is 70.0 Å². The highest BCUT2D eigenvalue weighted by Crippen LogP contribution is 2.20. The lowest BCUT2D eigenvalue weighted by Crippen LogP contribution is -2.21. The molecule has 2 aromatic rings. The number of carbonyl (C=O) groups excluding carboxylic acids is 1. The lowest BCUT2D eigenvalue weighted by atomic mass is 10.1. The molecule has 0 heterocycles. The predicted molar refractivity (Wildman–Crippen MR) is 90.6 cm³/mol. The fourth-order valence-corrected chi connectivity index (χ4v) is 2.50. The van der Waals surface area contributed by atoms with E-state index < -0.39 is 4.92 Å². The van der Waals surface area contributed by atoms with Crippen molar-refractivity contribution >= 4 is 29.1 Å². The zero-order valence-corrected chi connectivity index (χ0v) is 13.5. The number of non-ortho nitro benzene ring substituents is 1. The minimum absolute atomic E-state index is 0.0168. The van der Waals surface area contributed by atoms with Crippen molar-refractivity contribution in [2.75, 3.05) is 5.75 Å². The third kappa shape index (κ3) is 4.88. The van der Waals surface area contributed by atoms with Crippen LogP contribution in [0.4, 0.5) is 10.1 Å². The van der Waals surface area contributed by atoms with Gasteiger partial charge >= 0.3 is 0 Å². The van der Waals surface area contributed by atoms with E-state index in [-0.39, 0.29) is 23.2 Å². The maximum absolute atomic E-state index is 13.4. The normalized spacial score (nSPS) is 11.2. The van der Waals surface area contributed by atoms with Crippen LogP contribution in [0.5, 0.6) is 0 Å². The van der Waals surface area contributed by atoms with Crippen molar-refractivity contribution in [3.63, 3.8) is 0 Å². The summed E-state index contributed by atoms with van der Waals surface area (Å²) in [5.41, 5.74) is 3.53. The van der Waals surface area contributed by atoms with E-state index in [1.807, 2.05) is 0 Å². The van der Waals surface area contributed by atoms with Crippen molar-refractivity contribution in [1.82, 2.24) is 5.43 Å². The lowest BCUT2D eigenvalue weighted by molar-refractivity contribution is -0.384. The number of hydrazone groups is 1. The Kier molecular flexibility index (Phi) is 6.02. The fraction of sp³-hybridized carbons (Fsp3) is 0.125. The number of benzene rings is 2. The molecule has 0 unspecified atom stereocenters. The smallest absolute Gasteiger partial charge is 0.269 e. The summed E-state index contributed by atoms with van der Waals surface area (Å²) < 4.78 is 13.4. The van der Waals surface area contributed by atoms with Gasteiger partial charge in [-0.25, -0.2) is 9.82 Å². The van der Waals surface area contributed by atoms with Gasteiger partial charge in [0, 0.05) is 17.0 Å². The molecule has 0 aliphatic heterocycles. The van der Waals surface area contributed by atoms with Crippen LogP contribution in [-0.4, -0.2) is 22.3 Å². The highest BCUT2D eigenvalue weighted by molar-refractivity contribution is 8.00. The van der Waals surface area contributed by atoms with Gasteiger partial charge in [-0.05, 0) is 36.8 Å². The Morgan fingerprint density at radius 1 is 1.25 bits per heavy atom. The molecule has 0 fully saturated rings. The number of hydrogen-bond acceptors (Lipinski definition) is 5. The van der Waals surface area contributed by atoms with Gasteiger partial charge in [0.05, 0.1) is 16.4 Å². The highest BCUT2D eigenvalue weighted by Gasteiger charge is 2.07. The van der Waals surface area contributed by atoms with Crippen LogP contribution in [0.1, 0.15) is 12.5 Å². The summed E-state index contributed by atoms with van der Waals surface area (Å²) in [6, 6.07) is 12.0. The molecule has 0 aromatic heterocycles. The van der Waals surface area contributed by atoms with Gasteiger partial charge in [0.15, 0.2) is 0 Å². The van der Waals surface area contributed by atoms with E-state index in [0.717, 1.165) is 11.8 Å². The summed E-state index contributed by atoms with van der Waals surface area (Å²) in [5, 5.41) is 14.5. The molecule has 0 aliphatic carbocycles. The van der Waals surface area contributed by atoms with Gasteiger partial charge < -0.3 is 0 Å². The van der Waals surface area contributed by atoms with Crippen LogP contribution in [0.25, 0.3) is 0 Å². The van der Waals surface area contributed by atoms with E-state index in [1.165, 1.54) is 18.2 Å². The summed E-state index contributed by atoms with van der Waals surface area (Å²) >= 11 is 1.08. The van der Waals surface area contributed by atoms with E-state index >= 15 is 0 Å². The number of carbonyl (C=O) groups is 1. The molecule has 0 aliphatic rings. The first-order valence-electron chi connectivity index (χ1n) is 6.92. The SMILES string of the molecule is C/C(=N/NC(=O)CSc1ccccc1F)c1ccc([N+](=O)[O-])cc1. The molecule has 0 spiro atoms. The van der Waals surface area contributed by atoms with Crippen LogP contribution in [0.3, 0.4) is 0 Å². The van der Waals surface area contributed by atoms with E-state index in [4.69, 9.17) is 0 Å². The van der Waals surface area contributed by atoms with Crippen LogP contribution in [0.15, 0.2) is 58.5 Å². The first-order chi connectivity index (χ1) is 11.5. The van der Waals surface area contributed by atoms with E-state index in [2.05, 4.69) is 10.5 Å². The number of thioether (sulfide) groups is 1. The molecule has 0 saturated heterocycles. The van der Waals surface area contributed by atoms with Crippen LogP contribution in [0.2, 0.25) is 0 Å². The third-order valence-corrected chi connectivity index (χ3v) is 4.09. The second kappa shape index (κ2) is 8.21. The Bertz CT molecular complexity index is 778. The number of nitrogens with one attached hydrogen (secondary N) is 1. The highest BCUT2D eigenvalue weighted by atomic mass is 32.2. The van der Waals surface area contributed by atoms with E-state index in [1.54, 1.807) is 37.3 Å². The van der Waals surface area contributed by atoms with E-state index in [0.29, 0.717) is 16.2 Å². The minimum Gasteiger partial charge on any atom is -0.272 e. The van der Waals surface area contributed by atoms with Crippen LogP contribution in [-0.2, 0) is 4.79 Å². The summed E-state index contributed by atoms with van der Waals surface area (Å²) in [4.78, 5) is 22.3. The molecular formula is C16H14FN3O3S. The average Bonchev–Trinajstić information content (AvgIpc) is 2.59. The van der Waals surface area contributed by atoms with Crippen LogP contribution in [0, 0.1) is 15.9 Å².